The molecule has 28 heavy (non-hydrogen) atoms. The summed E-state index contributed by atoms with van der Waals surface area (Å²) in [6.45, 7) is 9.45. The van der Waals surface area contributed by atoms with Crippen LogP contribution in [0.5, 0.6) is 0 Å². The molecule has 1 heterocycles. The van der Waals surface area contributed by atoms with E-state index in [-0.39, 0.29) is 35.7 Å². The van der Waals surface area contributed by atoms with Crippen molar-refractivity contribution in [2.24, 2.45) is 12.0 Å². The van der Waals surface area contributed by atoms with Gasteiger partial charge < -0.3 is 10.6 Å². The molecule has 1 aromatic heterocycles. The van der Waals surface area contributed by atoms with Crippen LogP contribution < -0.4 is 10.6 Å². The maximum atomic E-state index is 10.7. The molecule has 0 aliphatic carbocycles. The van der Waals surface area contributed by atoms with Crippen LogP contribution in [0.4, 0.5) is 5.69 Å². The van der Waals surface area contributed by atoms with Gasteiger partial charge in [0.15, 0.2) is 5.96 Å². The van der Waals surface area contributed by atoms with Crippen LogP contribution in [0.2, 0.25) is 0 Å². The number of guanidine groups is 1. The first kappa shape index (κ1) is 23.9. The van der Waals surface area contributed by atoms with Crippen molar-refractivity contribution in [1.29, 1.82) is 0 Å². The zero-order valence-corrected chi connectivity index (χ0v) is 19.4. The fraction of sp³-hybridized carbons (Fsp3) is 0.474. The molecule has 0 fully saturated rings. The third-order valence-electron chi connectivity index (χ3n) is 4.46. The highest BCUT2D eigenvalue weighted by molar-refractivity contribution is 14.0. The van der Waals surface area contributed by atoms with Crippen molar-refractivity contribution in [2.75, 3.05) is 6.54 Å². The smallest absolute Gasteiger partial charge is 0.269 e. The van der Waals surface area contributed by atoms with E-state index in [1.54, 1.807) is 12.1 Å². The molecular weight excluding hydrogens is 471 g/mol. The number of nitro groups is 1. The number of nitrogens with one attached hydrogen (secondary N) is 2. The minimum absolute atomic E-state index is 0. The van der Waals surface area contributed by atoms with Gasteiger partial charge in [-0.1, -0.05) is 12.1 Å². The number of aliphatic imine (C=N–C) groups is 1. The van der Waals surface area contributed by atoms with Gasteiger partial charge in [-0.25, -0.2) is 4.99 Å². The van der Waals surface area contributed by atoms with Gasteiger partial charge in [0.2, 0.25) is 0 Å². The molecule has 1 unspecified atom stereocenters. The van der Waals surface area contributed by atoms with Crippen LogP contribution in [0.3, 0.4) is 0 Å². The molecule has 0 spiro atoms. The summed E-state index contributed by atoms with van der Waals surface area (Å²) < 4.78 is 1.91. The lowest BCUT2D eigenvalue weighted by molar-refractivity contribution is -0.384. The third-order valence-corrected chi connectivity index (χ3v) is 4.46. The van der Waals surface area contributed by atoms with Crippen LogP contribution in [-0.4, -0.2) is 33.2 Å². The minimum Gasteiger partial charge on any atom is -0.357 e. The Morgan fingerprint density at radius 3 is 2.46 bits per heavy atom. The highest BCUT2D eigenvalue weighted by atomic mass is 127. The first-order valence-electron chi connectivity index (χ1n) is 9.09. The van der Waals surface area contributed by atoms with Crippen molar-refractivity contribution in [2.45, 2.75) is 46.7 Å². The summed E-state index contributed by atoms with van der Waals surface area (Å²) in [4.78, 5) is 14.9. The van der Waals surface area contributed by atoms with Crippen molar-refractivity contribution in [3.63, 3.8) is 0 Å². The summed E-state index contributed by atoms with van der Waals surface area (Å²) in [6, 6.07) is 6.65. The molecule has 8 nitrogen and oxygen atoms in total. The first-order chi connectivity index (χ1) is 12.8. The number of nitrogens with zero attached hydrogens (tertiary/aromatic N) is 4. The van der Waals surface area contributed by atoms with Crippen LogP contribution in [-0.2, 0) is 20.0 Å². The molecule has 0 aliphatic heterocycles. The molecule has 1 atom stereocenters. The average molecular weight is 500 g/mol. The normalized spacial score (nSPS) is 12.2. The molecule has 154 valence electrons. The Hall–Kier alpha value is -2.17. The lowest BCUT2D eigenvalue weighted by Gasteiger charge is -2.18. The van der Waals surface area contributed by atoms with Crippen LogP contribution in [0.1, 0.15) is 36.4 Å². The van der Waals surface area contributed by atoms with E-state index >= 15 is 0 Å². The molecule has 0 amide bonds. The Bertz CT molecular complexity index is 817. The summed E-state index contributed by atoms with van der Waals surface area (Å²) in [5.41, 5.74) is 4.49. The van der Waals surface area contributed by atoms with E-state index in [4.69, 9.17) is 0 Å². The van der Waals surface area contributed by atoms with Gasteiger partial charge in [-0.05, 0) is 45.2 Å². The number of hydrogen-bond acceptors (Lipinski definition) is 4. The number of non-ortho nitro benzene ring substituents is 1. The van der Waals surface area contributed by atoms with Crippen molar-refractivity contribution in [1.82, 2.24) is 20.4 Å². The molecule has 1 aromatic carbocycles. The predicted molar refractivity (Wildman–Crippen MR) is 122 cm³/mol. The second kappa shape index (κ2) is 11.0. The second-order valence-electron chi connectivity index (χ2n) is 6.64. The zero-order valence-electron chi connectivity index (χ0n) is 17.0. The van der Waals surface area contributed by atoms with Gasteiger partial charge in [-0.2, -0.15) is 5.10 Å². The SMILES string of the molecule is CCNC(=NCc1ccc([N+](=O)[O-])cc1)NC(C)Cc1c(C)nn(C)c1C.I. The largest absolute Gasteiger partial charge is 0.357 e. The van der Waals surface area contributed by atoms with Crippen LogP contribution in [0.25, 0.3) is 0 Å². The van der Waals surface area contributed by atoms with Gasteiger partial charge in [0.25, 0.3) is 5.69 Å². The number of rotatable bonds is 7. The monoisotopic (exact) mass is 500 g/mol. The molecule has 2 rings (SSSR count). The Labute approximate surface area is 183 Å². The number of nitro benzene ring substituents is 1. The van der Waals surface area contributed by atoms with Gasteiger partial charge >= 0.3 is 0 Å². The zero-order chi connectivity index (χ0) is 20.0. The van der Waals surface area contributed by atoms with Gasteiger partial charge in [0, 0.05) is 37.5 Å². The second-order valence-corrected chi connectivity index (χ2v) is 6.64. The van der Waals surface area contributed by atoms with Crippen molar-refractivity contribution in [3.8, 4) is 0 Å². The molecule has 0 bridgehead atoms. The Morgan fingerprint density at radius 2 is 1.96 bits per heavy atom. The minimum atomic E-state index is -0.400. The molecule has 0 saturated carbocycles. The number of aromatic nitrogens is 2. The average Bonchev–Trinajstić information content (AvgIpc) is 2.86. The molecule has 0 radical (unpaired) electrons. The molecule has 0 saturated heterocycles. The van der Waals surface area contributed by atoms with Crippen LogP contribution in [0, 0.1) is 24.0 Å². The highest BCUT2D eigenvalue weighted by Crippen LogP contribution is 2.14. The van der Waals surface area contributed by atoms with Crippen molar-refractivity contribution < 1.29 is 4.92 Å². The summed E-state index contributed by atoms with van der Waals surface area (Å²) in [7, 11) is 1.96. The predicted octanol–water partition coefficient (Wildman–Crippen LogP) is 3.25. The maximum absolute atomic E-state index is 10.7. The summed E-state index contributed by atoms with van der Waals surface area (Å²) in [5.74, 6) is 0.725. The number of benzene rings is 1. The maximum Gasteiger partial charge on any atom is 0.269 e. The van der Waals surface area contributed by atoms with E-state index in [9.17, 15) is 10.1 Å². The van der Waals surface area contributed by atoms with E-state index in [1.807, 2.05) is 25.6 Å². The topological polar surface area (TPSA) is 97.4 Å². The van der Waals surface area contributed by atoms with Crippen molar-refractivity contribution >= 4 is 35.6 Å². The van der Waals surface area contributed by atoms with Crippen LogP contribution >= 0.6 is 24.0 Å². The fourth-order valence-electron chi connectivity index (χ4n) is 2.92. The fourth-order valence-corrected chi connectivity index (χ4v) is 2.92. The van der Waals surface area contributed by atoms with E-state index in [0.29, 0.717) is 6.54 Å². The lowest BCUT2D eigenvalue weighted by Crippen LogP contribution is -2.43. The molecule has 2 aromatic rings. The van der Waals surface area contributed by atoms with Gasteiger partial charge in [-0.15, -0.1) is 24.0 Å². The van der Waals surface area contributed by atoms with E-state index in [2.05, 4.69) is 34.6 Å². The molecule has 0 aliphatic rings. The molecule has 2 N–H and O–H groups in total. The lowest BCUT2D eigenvalue weighted by atomic mass is 10.1. The molecular formula is C19H29IN6O2. The van der Waals surface area contributed by atoms with E-state index in [1.165, 1.54) is 23.4 Å². The summed E-state index contributed by atoms with van der Waals surface area (Å²) in [5, 5.41) is 21.9. The highest BCUT2D eigenvalue weighted by Gasteiger charge is 2.14. The van der Waals surface area contributed by atoms with Gasteiger partial charge in [-0.3, -0.25) is 14.8 Å². The van der Waals surface area contributed by atoms with Crippen LogP contribution in [0.15, 0.2) is 29.3 Å². The Balaban J connectivity index is 0.00000392. The van der Waals surface area contributed by atoms with E-state index < -0.39 is 4.92 Å². The molecule has 9 heteroatoms. The summed E-state index contributed by atoms with van der Waals surface area (Å²) in [6.07, 6.45) is 0.855. The number of aryl methyl sites for hydroxylation is 2. The van der Waals surface area contributed by atoms with Gasteiger partial charge in [0.1, 0.15) is 0 Å². The number of hydrogen-bond donors (Lipinski definition) is 2. The van der Waals surface area contributed by atoms with E-state index in [0.717, 1.165) is 30.2 Å². The van der Waals surface area contributed by atoms with Gasteiger partial charge in [0.05, 0.1) is 17.2 Å². The summed E-state index contributed by atoms with van der Waals surface area (Å²) >= 11 is 0. The standard InChI is InChI=1S/C19H28N6O2.HI/c1-6-20-19(21-12-16-7-9-17(10-8-16)25(26)27)22-13(2)11-18-14(3)23-24(5)15(18)4;/h7-10,13H,6,11-12H2,1-5H3,(H2,20,21,22);1H. The number of halogens is 1. The van der Waals surface area contributed by atoms with Crippen molar-refractivity contribution in [3.05, 3.63) is 56.9 Å². The third kappa shape index (κ3) is 6.47. The Morgan fingerprint density at radius 1 is 1.32 bits per heavy atom. The Kier molecular flexibility index (Phi) is 9.36. The quantitative estimate of drug-likeness (QED) is 0.200. The first-order valence-corrected chi connectivity index (χ1v) is 9.09.